The quantitative estimate of drug-likeness (QED) is 0.507. The molecule has 0 radical (unpaired) electrons. The Morgan fingerprint density at radius 2 is 1.03 bits per heavy atom. The van der Waals surface area contributed by atoms with Crippen LogP contribution in [0, 0.1) is 0 Å². The van der Waals surface area contributed by atoms with Crippen LogP contribution in [-0.2, 0) is 0 Å². The smallest absolute Gasteiger partial charge is 0.172 e. The highest BCUT2D eigenvalue weighted by Gasteiger charge is 2.26. The minimum Gasteiger partial charge on any atom is -0.354 e. The maximum atomic E-state index is 5.07. The molecule has 0 amide bonds. The maximum Gasteiger partial charge on any atom is 0.172 e. The molecule has 0 unspecified atom stereocenters. The van der Waals surface area contributed by atoms with Gasteiger partial charge >= 0.3 is 0 Å². The summed E-state index contributed by atoms with van der Waals surface area (Å²) in [5, 5.41) is 1.19. The highest BCUT2D eigenvalue weighted by atomic mass is 15.3. The molecule has 0 spiro atoms. The van der Waals surface area contributed by atoms with Gasteiger partial charge in [0.15, 0.2) is 11.6 Å². The molecule has 2 aromatic carbocycles. The topological polar surface area (TPSA) is 48.4 Å². The number of benzene rings is 2. The van der Waals surface area contributed by atoms with Crippen molar-refractivity contribution in [1.82, 2.24) is 15.0 Å². The van der Waals surface area contributed by atoms with Crippen molar-refractivity contribution >= 4 is 39.4 Å². The van der Waals surface area contributed by atoms with Gasteiger partial charge in [0.1, 0.15) is 5.82 Å². The van der Waals surface area contributed by atoms with Gasteiger partial charge in [-0.05, 0) is 43.2 Å². The average molecular weight is 411 g/mol. The number of fused-ring (bicyclic) bond motifs is 2. The minimum atomic E-state index is 0.919. The zero-order chi connectivity index (χ0) is 20.6. The highest BCUT2D eigenvalue weighted by Crippen LogP contribution is 2.31. The van der Waals surface area contributed by atoms with E-state index in [1.807, 2.05) is 12.1 Å². The van der Waals surface area contributed by atoms with Crippen LogP contribution in [0.4, 0.5) is 17.5 Å². The first-order valence-corrected chi connectivity index (χ1v) is 11.2. The van der Waals surface area contributed by atoms with Crippen LogP contribution < -0.4 is 14.7 Å². The molecule has 4 heterocycles. The van der Waals surface area contributed by atoms with Crippen LogP contribution >= 0.6 is 0 Å². The summed E-state index contributed by atoms with van der Waals surface area (Å²) in [6.07, 6.45) is 2.46. The lowest BCUT2D eigenvalue weighted by Gasteiger charge is -2.37. The molecule has 0 bridgehead atoms. The van der Waals surface area contributed by atoms with Crippen molar-refractivity contribution in [3.63, 3.8) is 0 Å². The zero-order valence-corrected chi connectivity index (χ0v) is 17.6. The number of rotatable bonds is 3. The number of hydrogen-bond donors (Lipinski definition) is 0. The molecule has 156 valence electrons. The summed E-state index contributed by atoms with van der Waals surface area (Å²) < 4.78 is 0. The lowest BCUT2D eigenvalue weighted by atomic mass is 10.2. The molecule has 6 heteroatoms. The van der Waals surface area contributed by atoms with Crippen molar-refractivity contribution in [3.8, 4) is 0 Å². The highest BCUT2D eigenvalue weighted by molar-refractivity contribution is 5.82. The van der Waals surface area contributed by atoms with E-state index in [1.54, 1.807) is 0 Å². The van der Waals surface area contributed by atoms with Crippen LogP contribution in [0.1, 0.15) is 12.8 Å². The maximum absolute atomic E-state index is 5.07. The summed E-state index contributed by atoms with van der Waals surface area (Å²) in [7, 11) is 0. The molecular formula is C25H26N6. The van der Waals surface area contributed by atoms with Crippen molar-refractivity contribution in [2.24, 2.45) is 0 Å². The van der Waals surface area contributed by atoms with E-state index < -0.39 is 0 Å². The van der Waals surface area contributed by atoms with Gasteiger partial charge in [0.25, 0.3) is 0 Å². The van der Waals surface area contributed by atoms with E-state index in [-0.39, 0.29) is 0 Å². The Bertz CT molecular complexity index is 1230. The van der Waals surface area contributed by atoms with Crippen LogP contribution in [0.25, 0.3) is 21.9 Å². The normalized spacial score (nSPS) is 17.1. The van der Waals surface area contributed by atoms with Gasteiger partial charge < -0.3 is 14.7 Å². The minimum absolute atomic E-state index is 0.919. The second-order valence-electron chi connectivity index (χ2n) is 8.39. The van der Waals surface area contributed by atoms with Crippen LogP contribution in [-0.4, -0.2) is 54.2 Å². The average Bonchev–Trinajstić information content (AvgIpc) is 3.38. The van der Waals surface area contributed by atoms with E-state index in [0.29, 0.717) is 0 Å². The summed E-state index contributed by atoms with van der Waals surface area (Å²) in [6, 6.07) is 20.8. The first-order valence-electron chi connectivity index (χ1n) is 11.2. The Morgan fingerprint density at radius 1 is 0.484 bits per heavy atom. The summed E-state index contributed by atoms with van der Waals surface area (Å²) in [4.78, 5) is 22.2. The fourth-order valence-electron chi connectivity index (χ4n) is 4.71. The van der Waals surface area contributed by atoms with Gasteiger partial charge in [-0.2, -0.15) is 0 Å². The largest absolute Gasteiger partial charge is 0.354 e. The van der Waals surface area contributed by atoms with Crippen molar-refractivity contribution in [2.45, 2.75) is 12.8 Å². The summed E-state index contributed by atoms with van der Waals surface area (Å²) >= 11 is 0. The molecule has 4 aromatic rings. The standard InChI is InChI=1S/C25H26N6/c1-2-8-20-19(7-1)11-12-23(26-20)29-15-17-31(18-16-29)25-24(30-13-5-6-14-30)27-21-9-3-4-10-22(21)28-25/h1-4,7-12H,5-6,13-18H2. The van der Waals surface area contributed by atoms with E-state index in [2.05, 4.69) is 63.2 Å². The van der Waals surface area contributed by atoms with Crippen LogP contribution in [0.5, 0.6) is 0 Å². The Labute approximate surface area is 182 Å². The number of nitrogens with zero attached hydrogens (tertiary/aromatic N) is 6. The Morgan fingerprint density at radius 3 is 1.71 bits per heavy atom. The monoisotopic (exact) mass is 410 g/mol. The molecule has 2 aromatic heterocycles. The molecule has 0 atom stereocenters. The summed E-state index contributed by atoms with van der Waals surface area (Å²) in [5.74, 6) is 3.14. The van der Waals surface area contributed by atoms with Gasteiger partial charge in [0, 0.05) is 44.7 Å². The first kappa shape index (κ1) is 18.4. The van der Waals surface area contributed by atoms with Gasteiger partial charge in [-0.25, -0.2) is 15.0 Å². The number of anilines is 3. The van der Waals surface area contributed by atoms with Crippen molar-refractivity contribution in [3.05, 3.63) is 60.7 Å². The number of para-hydroxylation sites is 3. The van der Waals surface area contributed by atoms with Gasteiger partial charge in [-0.3, -0.25) is 0 Å². The van der Waals surface area contributed by atoms with Gasteiger partial charge in [-0.1, -0.05) is 30.3 Å². The fourth-order valence-corrected chi connectivity index (χ4v) is 4.71. The van der Waals surface area contributed by atoms with E-state index in [4.69, 9.17) is 15.0 Å². The molecule has 6 nitrogen and oxygen atoms in total. The molecule has 0 aliphatic carbocycles. The molecule has 2 aliphatic rings. The third-order valence-corrected chi connectivity index (χ3v) is 6.43. The van der Waals surface area contributed by atoms with Crippen LogP contribution in [0.2, 0.25) is 0 Å². The molecule has 6 rings (SSSR count). The summed E-state index contributed by atoms with van der Waals surface area (Å²) in [6.45, 7) is 5.84. The van der Waals surface area contributed by atoms with Gasteiger partial charge in [0.2, 0.25) is 0 Å². The molecular weight excluding hydrogens is 384 g/mol. The Hall–Kier alpha value is -3.41. The number of pyridine rings is 1. The zero-order valence-electron chi connectivity index (χ0n) is 17.6. The molecule has 2 fully saturated rings. The van der Waals surface area contributed by atoms with Crippen LogP contribution in [0.3, 0.4) is 0 Å². The fraction of sp³-hybridized carbons (Fsp3) is 0.320. The van der Waals surface area contributed by atoms with Crippen molar-refractivity contribution < 1.29 is 0 Å². The first-order chi connectivity index (χ1) is 15.3. The SMILES string of the molecule is c1ccc2nc(N3CCN(c4nc5ccccc5nc4N4CCCC4)CC3)ccc2c1. The molecule has 0 N–H and O–H groups in total. The summed E-state index contributed by atoms with van der Waals surface area (Å²) in [5.41, 5.74) is 3.00. The lowest BCUT2D eigenvalue weighted by Crippen LogP contribution is -2.47. The second-order valence-corrected chi connectivity index (χ2v) is 8.39. The lowest BCUT2D eigenvalue weighted by molar-refractivity contribution is 0.641. The molecule has 2 saturated heterocycles. The van der Waals surface area contributed by atoms with E-state index in [9.17, 15) is 0 Å². The number of hydrogen-bond acceptors (Lipinski definition) is 6. The molecule has 31 heavy (non-hydrogen) atoms. The van der Waals surface area contributed by atoms with E-state index in [0.717, 1.165) is 73.3 Å². The van der Waals surface area contributed by atoms with E-state index in [1.165, 1.54) is 18.2 Å². The number of piperazine rings is 1. The second kappa shape index (κ2) is 7.69. The van der Waals surface area contributed by atoms with Gasteiger partial charge in [-0.15, -0.1) is 0 Å². The van der Waals surface area contributed by atoms with E-state index >= 15 is 0 Å². The van der Waals surface area contributed by atoms with Crippen molar-refractivity contribution in [2.75, 3.05) is 54.0 Å². The number of aromatic nitrogens is 3. The molecule has 0 saturated carbocycles. The third kappa shape index (κ3) is 3.42. The Kier molecular flexibility index (Phi) is 4.55. The van der Waals surface area contributed by atoms with Crippen molar-refractivity contribution in [1.29, 1.82) is 0 Å². The Balaban J connectivity index is 1.28. The predicted molar refractivity (Wildman–Crippen MR) is 127 cm³/mol. The van der Waals surface area contributed by atoms with Crippen LogP contribution in [0.15, 0.2) is 60.7 Å². The third-order valence-electron chi connectivity index (χ3n) is 6.43. The predicted octanol–water partition coefficient (Wildman–Crippen LogP) is 4.10. The molecule has 2 aliphatic heterocycles. The van der Waals surface area contributed by atoms with Gasteiger partial charge in [0.05, 0.1) is 16.6 Å².